The third-order valence-electron chi connectivity index (χ3n) is 4.91. The lowest BCUT2D eigenvalue weighted by Gasteiger charge is -2.28. The van der Waals surface area contributed by atoms with Crippen molar-refractivity contribution >= 4 is 32.6 Å². The van der Waals surface area contributed by atoms with Gasteiger partial charge in [0.2, 0.25) is 0 Å². The second kappa shape index (κ2) is 6.42. The summed E-state index contributed by atoms with van der Waals surface area (Å²) in [6.45, 7) is -0.374. The molecule has 8 heteroatoms. The number of rotatable bonds is 5. The molecule has 4 rings (SSSR count). The van der Waals surface area contributed by atoms with Crippen molar-refractivity contribution < 1.29 is 22.7 Å². The molecule has 2 fully saturated rings. The van der Waals surface area contributed by atoms with E-state index in [0.29, 0.717) is 12.1 Å². The first-order valence-electron chi connectivity index (χ1n) is 8.69. The highest BCUT2D eigenvalue weighted by atomic mass is 32.2. The molecule has 1 atom stereocenters. The topological polar surface area (TPSA) is 96.5 Å². The van der Waals surface area contributed by atoms with E-state index in [1.165, 1.54) is 0 Å². The number of para-hydroxylation sites is 1. The summed E-state index contributed by atoms with van der Waals surface area (Å²) in [6.07, 6.45) is 2.21. The summed E-state index contributed by atoms with van der Waals surface area (Å²) in [5.41, 5.74) is 1.11. The number of carbonyl (C=O) groups is 2. The molecule has 0 radical (unpaired) electrons. The van der Waals surface area contributed by atoms with Crippen LogP contribution in [0.5, 0.6) is 0 Å². The highest BCUT2D eigenvalue weighted by Crippen LogP contribution is 2.32. The van der Waals surface area contributed by atoms with Gasteiger partial charge in [-0.1, -0.05) is 18.2 Å². The molecule has 26 heavy (non-hydrogen) atoms. The van der Waals surface area contributed by atoms with Crippen LogP contribution in [0.2, 0.25) is 0 Å². The second-order valence-corrected chi connectivity index (χ2v) is 9.16. The average Bonchev–Trinajstić information content (AvgIpc) is 3.22. The van der Waals surface area contributed by atoms with Gasteiger partial charge in [-0.05, 0) is 31.4 Å². The van der Waals surface area contributed by atoms with Crippen LogP contribution >= 0.6 is 0 Å². The molecule has 7 nitrogen and oxygen atoms in total. The van der Waals surface area contributed by atoms with Gasteiger partial charge in [0, 0.05) is 23.0 Å². The number of sulfone groups is 1. The number of carbonyl (C=O) groups excluding carboxylic acids is 2. The van der Waals surface area contributed by atoms with Gasteiger partial charge < -0.3 is 14.6 Å². The van der Waals surface area contributed by atoms with Crippen LogP contribution in [0.25, 0.3) is 10.9 Å². The van der Waals surface area contributed by atoms with Crippen molar-refractivity contribution in [2.75, 3.05) is 18.1 Å². The van der Waals surface area contributed by atoms with Gasteiger partial charge in [-0.2, -0.15) is 0 Å². The number of amides is 1. The number of aromatic nitrogens is 1. The van der Waals surface area contributed by atoms with Crippen molar-refractivity contribution in [3.05, 3.63) is 36.0 Å². The molecule has 2 aromatic rings. The van der Waals surface area contributed by atoms with Crippen molar-refractivity contribution in [3.8, 4) is 0 Å². The van der Waals surface area contributed by atoms with Crippen LogP contribution in [0.1, 0.15) is 29.8 Å². The molecule has 0 bridgehead atoms. The molecule has 138 valence electrons. The highest BCUT2D eigenvalue weighted by molar-refractivity contribution is 7.91. The molecule has 1 amide bonds. The maximum Gasteiger partial charge on any atom is 0.355 e. The quantitative estimate of drug-likeness (QED) is 0.798. The molecule has 2 aliphatic rings. The van der Waals surface area contributed by atoms with Gasteiger partial charge in [-0.15, -0.1) is 0 Å². The lowest BCUT2D eigenvalue weighted by Crippen LogP contribution is -2.44. The van der Waals surface area contributed by atoms with E-state index in [1.54, 1.807) is 11.0 Å². The summed E-state index contributed by atoms with van der Waals surface area (Å²) in [4.78, 5) is 29.4. The zero-order valence-corrected chi connectivity index (χ0v) is 15.0. The van der Waals surface area contributed by atoms with E-state index in [1.807, 2.05) is 24.3 Å². The number of H-pyrrole nitrogens is 1. The maximum atomic E-state index is 12.6. The zero-order valence-electron chi connectivity index (χ0n) is 14.2. The normalized spacial score (nSPS) is 21.6. The maximum absolute atomic E-state index is 12.6. The Morgan fingerprint density at radius 2 is 1.92 bits per heavy atom. The number of nitrogens with zero attached hydrogens (tertiary/aromatic N) is 1. The van der Waals surface area contributed by atoms with Crippen LogP contribution < -0.4 is 0 Å². The number of ether oxygens (including phenoxy) is 1. The molecule has 1 saturated heterocycles. The number of aromatic amines is 1. The minimum Gasteiger partial charge on any atom is -0.451 e. The summed E-state index contributed by atoms with van der Waals surface area (Å²) in [5.74, 6) is -0.794. The van der Waals surface area contributed by atoms with Crippen LogP contribution in [0, 0.1) is 0 Å². The molecule has 0 spiro atoms. The van der Waals surface area contributed by atoms with E-state index in [2.05, 4.69) is 4.98 Å². The van der Waals surface area contributed by atoms with Gasteiger partial charge >= 0.3 is 5.97 Å². The molecule has 0 unspecified atom stereocenters. The van der Waals surface area contributed by atoms with Crippen molar-refractivity contribution in [1.82, 2.24) is 9.88 Å². The Bertz CT molecular complexity index is 928. The molecule has 2 heterocycles. The lowest BCUT2D eigenvalue weighted by atomic mass is 10.2. The third kappa shape index (κ3) is 3.46. The third-order valence-corrected chi connectivity index (χ3v) is 6.66. The summed E-state index contributed by atoms with van der Waals surface area (Å²) in [6, 6.07) is 8.93. The average molecular weight is 376 g/mol. The number of benzene rings is 1. The summed E-state index contributed by atoms with van der Waals surface area (Å²) in [5, 5.41) is 0.890. The Morgan fingerprint density at radius 1 is 1.15 bits per heavy atom. The monoisotopic (exact) mass is 376 g/mol. The fraction of sp³-hybridized carbons (Fsp3) is 0.444. The number of esters is 1. The van der Waals surface area contributed by atoms with E-state index in [4.69, 9.17) is 4.74 Å². The summed E-state index contributed by atoms with van der Waals surface area (Å²) >= 11 is 0. The molecule has 1 aliphatic heterocycles. The Morgan fingerprint density at radius 3 is 2.58 bits per heavy atom. The smallest absolute Gasteiger partial charge is 0.355 e. The second-order valence-electron chi connectivity index (χ2n) is 6.94. The fourth-order valence-electron chi connectivity index (χ4n) is 3.52. The van der Waals surface area contributed by atoms with Gasteiger partial charge in [0.1, 0.15) is 5.69 Å². The fourth-order valence-corrected chi connectivity index (χ4v) is 5.23. The van der Waals surface area contributed by atoms with Crippen LogP contribution in [-0.2, 0) is 19.4 Å². The van der Waals surface area contributed by atoms with Crippen LogP contribution in [0.15, 0.2) is 30.3 Å². The van der Waals surface area contributed by atoms with Gasteiger partial charge in [0.05, 0.1) is 11.5 Å². The Labute approximate surface area is 151 Å². The minimum absolute atomic E-state index is 0.00516. The summed E-state index contributed by atoms with van der Waals surface area (Å²) in [7, 11) is -3.08. The SMILES string of the molecule is O=C(OCC(=O)N(C1CC1)[C@@H]1CCS(=O)(=O)C1)c1cc2ccccc2[nH]1. The lowest BCUT2D eigenvalue weighted by molar-refractivity contribution is -0.137. The van der Waals surface area contributed by atoms with Crippen LogP contribution in [0.3, 0.4) is 0 Å². The van der Waals surface area contributed by atoms with Gasteiger partial charge in [0.15, 0.2) is 16.4 Å². The first-order valence-corrected chi connectivity index (χ1v) is 10.5. The first-order chi connectivity index (χ1) is 12.4. The predicted octanol–water partition coefficient (Wildman–Crippen LogP) is 1.50. The van der Waals surface area contributed by atoms with Crippen molar-refractivity contribution in [3.63, 3.8) is 0 Å². The first kappa shape index (κ1) is 17.1. The van der Waals surface area contributed by atoms with Crippen LogP contribution in [0.4, 0.5) is 0 Å². The highest BCUT2D eigenvalue weighted by Gasteiger charge is 2.42. The van der Waals surface area contributed by atoms with Crippen molar-refractivity contribution in [2.45, 2.75) is 31.3 Å². The van der Waals surface area contributed by atoms with Crippen molar-refractivity contribution in [2.24, 2.45) is 0 Å². The number of hydrogen-bond donors (Lipinski definition) is 1. The van der Waals surface area contributed by atoms with Gasteiger partial charge in [-0.3, -0.25) is 4.79 Å². The number of nitrogens with one attached hydrogen (secondary N) is 1. The van der Waals surface area contributed by atoms with E-state index in [9.17, 15) is 18.0 Å². The molecule has 1 aromatic carbocycles. The number of hydrogen-bond acceptors (Lipinski definition) is 5. The Balaban J connectivity index is 1.41. The van der Waals surface area contributed by atoms with Crippen molar-refractivity contribution in [1.29, 1.82) is 0 Å². The Hall–Kier alpha value is -2.35. The molecule has 1 N–H and O–H groups in total. The largest absolute Gasteiger partial charge is 0.451 e. The van der Waals surface area contributed by atoms with Crippen LogP contribution in [-0.4, -0.2) is 60.4 Å². The zero-order chi connectivity index (χ0) is 18.3. The summed E-state index contributed by atoms with van der Waals surface area (Å²) < 4.78 is 28.6. The molecule has 1 aromatic heterocycles. The van der Waals surface area contributed by atoms with E-state index >= 15 is 0 Å². The van der Waals surface area contributed by atoms with E-state index < -0.39 is 15.8 Å². The molecule has 1 aliphatic carbocycles. The van der Waals surface area contributed by atoms with Gasteiger partial charge in [-0.25, -0.2) is 13.2 Å². The standard InChI is InChI=1S/C18H20N2O5S/c21-17(20(13-5-6-13)14-7-8-26(23,24)11-14)10-25-18(22)16-9-12-3-1-2-4-15(12)19-16/h1-4,9,13-14,19H,5-8,10-11H2/t14-/m1/s1. The molecular weight excluding hydrogens is 356 g/mol. The van der Waals surface area contributed by atoms with E-state index in [0.717, 1.165) is 23.7 Å². The molecular formula is C18H20N2O5S. The van der Waals surface area contributed by atoms with Gasteiger partial charge in [0.25, 0.3) is 5.91 Å². The molecule has 1 saturated carbocycles. The Kier molecular flexibility index (Phi) is 4.22. The minimum atomic E-state index is -3.08. The predicted molar refractivity (Wildman–Crippen MR) is 95.5 cm³/mol. The van der Waals surface area contributed by atoms with E-state index in [-0.39, 0.29) is 36.1 Å². The number of fused-ring (bicyclic) bond motifs is 1.